The largest absolute Gasteiger partial charge is 0.435 e. The lowest BCUT2D eigenvalue weighted by Gasteiger charge is -2.31. The van der Waals surface area contributed by atoms with Gasteiger partial charge in [0.2, 0.25) is 12.2 Å². The third-order valence-corrected chi connectivity index (χ3v) is 7.74. The Hall–Kier alpha value is -3.36. The Balaban J connectivity index is 1.16. The number of rotatable bonds is 5. The van der Waals surface area contributed by atoms with Crippen molar-refractivity contribution in [2.45, 2.75) is 57.9 Å². The number of fused-ring (bicyclic) bond motifs is 1. The van der Waals surface area contributed by atoms with Crippen LogP contribution in [0.5, 0.6) is 0 Å². The molecule has 4 heterocycles. The van der Waals surface area contributed by atoms with Crippen LogP contribution in [0.1, 0.15) is 58.3 Å². The Bertz CT molecular complexity index is 1350. The third-order valence-electron chi connectivity index (χ3n) is 6.72. The molecule has 1 aromatic carbocycles. The summed E-state index contributed by atoms with van der Waals surface area (Å²) in [6, 6.07) is 5.54. The third kappa shape index (κ3) is 5.56. The molecule has 0 N–H and O–H groups in total. The maximum atomic E-state index is 12.9. The van der Waals surface area contributed by atoms with Gasteiger partial charge in [-0.05, 0) is 43.0 Å². The number of amides is 1. The predicted octanol–water partition coefficient (Wildman–Crippen LogP) is 4.73. The maximum Gasteiger partial charge on any atom is 0.435 e. The topological polar surface area (TPSA) is 113 Å². The van der Waals surface area contributed by atoms with Gasteiger partial charge in [-0.2, -0.15) is 18.3 Å². The lowest BCUT2D eigenvalue weighted by atomic mass is 9.97. The van der Waals surface area contributed by atoms with Crippen LogP contribution in [0.3, 0.4) is 0 Å². The Morgan fingerprint density at radius 3 is 2.55 bits per heavy atom. The number of aromatic nitrogens is 3. The fourth-order valence-electron chi connectivity index (χ4n) is 4.56. The Kier molecular flexibility index (Phi) is 7.20. The molecule has 1 atom stereocenters. The summed E-state index contributed by atoms with van der Waals surface area (Å²) in [6.45, 7) is 2.59. The van der Waals surface area contributed by atoms with Gasteiger partial charge in [-0.25, -0.2) is 4.98 Å². The highest BCUT2D eigenvalue weighted by Crippen LogP contribution is 2.35. The molecule has 1 unspecified atom stereocenters. The zero-order valence-corrected chi connectivity index (χ0v) is 21.1. The number of non-ortho nitro benzene ring substituents is 1. The van der Waals surface area contributed by atoms with Crippen molar-refractivity contribution in [3.05, 3.63) is 73.0 Å². The SMILES string of the molecule is Cc1cc(C(F)(F)F)nn1CC(=O)N1CCC(c2nc(C3OCc4ccc([N+](=O)[O-])cc4CO3)cs2)CC1. The number of thiazole rings is 1. The maximum absolute atomic E-state index is 12.9. The highest BCUT2D eigenvalue weighted by molar-refractivity contribution is 7.09. The number of nitro benzene ring substituents is 1. The minimum absolute atomic E-state index is 0.00242. The standard InChI is InChI=1S/C24H24F3N5O5S/c1-14-8-20(24(25,26)27)29-31(14)10-21(33)30-6-4-15(5-7-30)22-28-19(13-38-22)23-36-11-16-2-3-18(32(34)35)9-17(16)12-37-23/h2-3,8-9,13,15,23H,4-7,10-12H2,1H3. The van der Waals surface area contributed by atoms with E-state index in [4.69, 9.17) is 14.5 Å². The number of ether oxygens (including phenoxy) is 2. The van der Waals surface area contributed by atoms with E-state index in [2.05, 4.69) is 5.10 Å². The van der Waals surface area contributed by atoms with Crippen molar-refractivity contribution in [3.8, 4) is 0 Å². The lowest BCUT2D eigenvalue weighted by molar-refractivity contribution is -0.385. The fraction of sp³-hybridized carbons (Fsp3) is 0.458. The van der Waals surface area contributed by atoms with E-state index in [1.54, 1.807) is 11.0 Å². The van der Waals surface area contributed by atoms with E-state index in [1.807, 2.05) is 5.38 Å². The summed E-state index contributed by atoms with van der Waals surface area (Å²) < 4.78 is 51.5. The van der Waals surface area contributed by atoms with E-state index in [9.17, 15) is 28.1 Å². The van der Waals surface area contributed by atoms with Crippen molar-refractivity contribution in [2.24, 2.45) is 0 Å². The van der Waals surface area contributed by atoms with Crippen LogP contribution in [0.25, 0.3) is 0 Å². The van der Waals surface area contributed by atoms with E-state index in [-0.39, 0.29) is 43.0 Å². The second kappa shape index (κ2) is 10.4. The number of carbonyl (C=O) groups excluding carboxylic acids is 1. The average Bonchev–Trinajstić information content (AvgIpc) is 3.46. The number of nitro groups is 1. The summed E-state index contributed by atoms with van der Waals surface area (Å²) >= 11 is 1.48. The highest BCUT2D eigenvalue weighted by atomic mass is 32.1. The predicted molar refractivity (Wildman–Crippen MR) is 128 cm³/mol. The number of hydrogen-bond donors (Lipinski definition) is 0. The number of benzene rings is 1. The molecule has 3 aromatic rings. The summed E-state index contributed by atoms with van der Waals surface area (Å²) in [6.07, 6.45) is -3.91. The number of aryl methyl sites for hydroxylation is 1. The molecule has 2 aliphatic heterocycles. The molecule has 0 aliphatic carbocycles. The van der Waals surface area contributed by atoms with E-state index < -0.39 is 23.1 Å². The summed E-state index contributed by atoms with van der Waals surface area (Å²) in [5.74, 6) is -0.144. The van der Waals surface area contributed by atoms with E-state index in [0.717, 1.165) is 21.3 Å². The van der Waals surface area contributed by atoms with Gasteiger partial charge in [-0.3, -0.25) is 19.6 Å². The number of piperidine rings is 1. The van der Waals surface area contributed by atoms with Crippen LogP contribution < -0.4 is 0 Å². The van der Waals surface area contributed by atoms with Crippen molar-refractivity contribution in [2.75, 3.05) is 13.1 Å². The average molecular weight is 552 g/mol. The van der Waals surface area contributed by atoms with Crippen LogP contribution in [-0.2, 0) is 40.2 Å². The molecule has 1 amide bonds. The first-order chi connectivity index (χ1) is 18.1. The van der Waals surface area contributed by atoms with Gasteiger partial charge in [0.25, 0.3) is 5.69 Å². The Morgan fingerprint density at radius 1 is 1.18 bits per heavy atom. The van der Waals surface area contributed by atoms with Crippen LogP contribution in [0, 0.1) is 17.0 Å². The molecule has 0 spiro atoms. The van der Waals surface area contributed by atoms with Gasteiger partial charge in [0.05, 0.1) is 23.1 Å². The van der Waals surface area contributed by atoms with Gasteiger partial charge >= 0.3 is 6.18 Å². The molecule has 0 bridgehead atoms. The molecule has 14 heteroatoms. The highest BCUT2D eigenvalue weighted by Gasteiger charge is 2.35. The van der Waals surface area contributed by atoms with Gasteiger partial charge in [0.1, 0.15) is 12.2 Å². The molecule has 38 heavy (non-hydrogen) atoms. The van der Waals surface area contributed by atoms with Gasteiger partial charge in [-0.1, -0.05) is 0 Å². The monoisotopic (exact) mass is 551 g/mol. The lowest BCUT2D eigenvalue weighted by Crippen LogP contribution is -2.40. The zero-order chi connectivity index (χ0) is 27.0. The van der Waals surface area contributed by atoms with Crippen LogP contribution >= 0.6 is 11.3 Å². The number of nitrogens with zero attached hydrogens (tertiary/aromatic N) is 5. The Morgan fingerprint density at radius 2 is 1.89 bits per heavy atom. The van der Waals surface area contributed by atoms with Gasteiger partial charge in [-0.15, -0.1) is 11.3 Å². The van der Waals surface area contributed by atoms with Crippen molar-refractivity contribution in [1.29, 1.82) is 0 Å². The quantitative estimate of drug-likeness (QED) is 0.333. The number of alkyl halides is 3. The summed E-state index contributed by atoms with van der Waals surface area (Å²) in [5, 5.41) is 17.4. The van der Waals surface area contributed by atoms with Crippen LogP contribution in [0.15, 0.2) is 29.6 Å². The minimum Gasteiger partial charge on any atom is -0.342 e. The molecule has 0 saturated carbocycles. The van der Waals surface area contributed by atoms with Crippen molar-refractivity contribution < 1.29 is 32.4 Å². The molecule has 1 saturated heterocycles. The van der Waals surface area contributed by atoms with Gasteiger partial charge in [0.15, 0.2) is 5.69 Å². The molecule has 2 aromatic heterocycles. The molecule has 2 aliphatic rings. The number of hydrogen-bond acceptors (Lipinski definition) is 8. The second-order valence-electron chi connectivity index (χ2n) is 9.26. The van der Waals surface area contributed by atoms with Gasteiger partial charge in [0, 0.05) is 42.2 Å². The van der Waals surface area contributed by atoms with Crippen LogP contribution in [0.2, 0.25) is 0 Å². The first-order valence-electron chi connectivity index (χ1n) is 11.9. The van der Waals surface area contributed by atoms with Crippen molar-refractivity contribution in [1.82, 2.24) is 19.7 Å². The number of likely N-dealkylation sites (tertiary alicyclic amines) is 1. The summed E-state index contributed by atoms with van der Waals surface area (Å²) in [7, 11) is 0. The molecular weight excluding hydrogens is 527 g/mol. The summed E-state index contributed by atoms with van der Waals surface area (Å²) in [5.41, 5.74) is 1.42. The van der Waals surface area contributed by atoms with Crippen molar-refractivity contribution >= 4 is 22.9 Å². The van der Waals surface area contributed by atoms with Gasteiger partial charge < -0.3 is 14.4 Å². The van der Waals surface area contributed by atoms with Crippen LogP contribution in [0.4, 0.5) is 18.9 Å². The molecule has 5 rings (SSSR count). The zero-order valence-electron chi connectivity index (χ0n) is 20.3. The van der Waals surface area contributed by atoms with Crippen LogP contribution in [-0.4, -0.2) is 43.6 Å². The molecule has 1 fully saturated rings. The molecule has 10 nitrogen and oxygen atoms in total. The molecule has 202 valence electrons. The normalized spacial score (nSPS) is 18.7. The van der Waals surface area contributed by atoms with Crippen molar-refractivity contribution in [3.63, 3.8) is 0 Å². The van der Waals surface area contributed by atoms with E-state index in [1.165, 1.54) is 30.4 Å². The Labute approximate surface area is 219 Å². The number of halogens is 3. The minimum atomic E-state index is -4.55. The fourth-order valence-corrected chi connectivity index (χ4v) is 5.55. The second-order valence-corrected chi connectivity index (χ2v) is 10.1. The first kappa shape index (κ1) is 26.3. The molecular formula is C24H24F3N5O5S. The first-order valence-corrected chi connectivity index (χ1v) is 12.8. The summed E-state index contributed by atoms with van der Waals surface area (Å²) in [4.78, 5) is 29.7. The van der Waals surface area contributed by atoms with E-state index in [0.29, 0.717) is 37.2 Å². The number of carbonyl (C=O) groups is 1. The smallest absolute Gasteiger partial charge is 0.342 e. The van der Waals surface area contributed by atoms with E-state index >= 15 is 0 Å². The molecule has 0 radical (unpaired) electrons.